The van der Waals surface area contributed by atoms with Crippen LogP contribution < -0.4 is 5.32 Å². The summed E-state index contributed by atoms with van der Waals surface area (Å²) in [5.41, 5.74) is 1.44. The summed E-state index contributed by atoms with van der Waals surface area (Å²) in [6.45, 7) is 8.74. The normalized spacial score (nSPS) is 22.9. The molecule has 1 aromatic carbocycles. The first-order valence-corrected chi connectivity index (χ1v) is 7.93. The first-order chi connectivity index (χ1) is 9.37. The maximum atomic E-state index is 6.25. The zero-order valence-corrected chi connectivity index (χ0v) is 13.9. The van der Waals surface area contributed by atoms with E-state index in [2.05, 4.69) is 50.2 Å². The lowest BCUT2D eigenvalue weighted by Crippen LogP contribution is -2.51. The fourth-order valence-electron chi connectivity index (χ4n) is 2.82. The van der Waals surface area contributed by atoms with E-state index in [1.54, 1.807) is 0 Å². The van der Waals surface area contributed by atoms with Crippen LogP contribution in [0.2, 0.25) is 5.02 Å². The molecule has 1 aliphatic carbocycles. The minimum Gasteiger partial charge on any atom is -0.312 e. The number of rotatable bonds is 5. The highest BCUT2D eigenvalue weighted by molar-refractivity contribution is 6.31. The lowest BCUT2D eigenvalue weighted by atomic mass is 9.78. The summed E-state index contributed by atoms with van der Waals surface area (Å²) >= 11 is 6.25. The third-order valence-electron chi connectivity index (χ3n) is 4.22. The summed E-state index contributed by atoms with van der Waals surface area (Å²) in [6.07, 6.45) is 2.64. The van der Waals surface area contributed by atoms with E-state index in [9.17, 15) is 0 Å². The summed E-state index contributed by atoms with van der Waals surface area (Å²) in [4.78, 5) is 2.46. The van der Waals surface area contributed by atoms with Crippen LogP contribution in [-0.2, 0) is 6.54 Å². The lowest BCUT2D eigenvalue weighted by molar-refractivity contribution is 0.0738. The van der Waals surface area contributed by atoms with Gasteiger partial charge in [-0.2, -0.15) is 0 Å². The minimum atomic E-state index is 0.210. The third-order valence-corrected chi connectivity index (χ3v) is 4.58. The number of nitrogens with one attached hydrogen (secondary N) is 1. The standard InChI is InChI=1S/C17H27ClN2/c1-17(2,3)19-11-13-9-10-16(13)20(4)12-14-7-5-6-8-15(14)18/h5-8,13,16,19H,9-12H2,1-4H3. The molecule has 2 atom stereocenters. The topological polar surface area (TPSA) is 15.3 Å². The molecule has 0 amide bonds. The molecule has 2 unspecified atom stereocenters. The quantitative estimate of drug-likeness (QED) is 0.885. The van der Waals surface area contributed by atoms with Gasteiger partial charge in [-0.1, -0.05) is 29.8 Å². The maximum absolute atomic E-state index is 6.25. The van der Waals surface area contributed by atoms with Crippen molar-refractivity contribution in [3.8, 4) is 0 Å². The van der Waals surface area contributed by atoms with Gasteiger partial charge in [0.2, 0.25) is 0 Å². The average Bonchev–Trinajstić information content (AvgIpc) is 2.29. The van der Waals surface area contributed by atoms with Gasteiger partial charge in [-0.15, -0.1) is 0 Å². The average molecular weight is 295 g/mol. The van der Waals surface area contributed by atoms with E-state index in [1.807, 2.05) is 12.1 Å². The number of benzene rings is 1. The molecule has 1 aliphatic rings. The second-order valence-electron chi connectivity index (χ2n) is 7.04. The van der Waals surface area contributed by atoms with Crippen molar-refractivity contribution in [2.75, 3.05) is 13.6 Å². The molecule has 112 valence electrons. The fraction of sp³-hybridized carbons (Fsp3) is 0.647. The SMILES string of the molecule is CN(Cc1ccccc1Cl)C1CCC1CNC(C)(C)C. The van der Waals surface area contributed by atoms with E-state index in [4.69, 9.17) is 11.6 Å². The molecular formula is C17H27ClN2. The van der Waals surface area contributed by atoms with Gasteiger partial charge in [0.05, 0.1) is 0 Å². The number of halogens is 1. The van der Waals surface area contributed by atoms with Crippen molar-refractivity contribution in [3.63, 3.8) is 0 Å². The van der Waals surface area contributed by atoms with Crippen LogP contribution in [0.3, 0.4) is 0 Å². The highest BCUT2D eigenvalue weighted by Gasteiger charge is 2.34. The van der Waals surface area contributed by atoms with Crippen molar-refractivity contribution in [2.24, 2.45) is 5.92 Å². The Kier molecular flexibility index (Phi) is 5.11. The van der Waals surface area contributed by atoms with Crippen molar-refractivity contribution < 1.29 is 0 Å². The van der Waals surface area contributed by atoms with Crippen LogP contribution in [0, 0.1) is 5.92 Å². The van der Waals surface area contributed by atoms with Crippen molar-refractivity contribution >= 4 is 11.6 Å². The lowest BCUT2D eigenvalue weighted by Gasteiger charge is -2.44. The van der Waals surface area contributed by atoms with Crippen LogP contribution in [0.25, 0.3) is 0 Å². The Morgan fingerprint density at radius 1 is 1.25 bits per heavy atom. The zero-order chi connectivity index (χ0) is 14.8. The summed E-state index contributed by atoms with van der Waals surface area (Å²) in [5, 5.41) is 4.51. The van der Waals surface area contributed by atoms with Crippen LogP contribution in [0.1, 0.15) is 39.2 Å². The van der Waals surface area contributed by atoms with Crippen LogP contribution >= 0.6 is 11.6 Å². The van der Waals surface area contributed by atoms with E-state index in [-0.39, 0.29) is 5.54 Å². The second kappa shape index (κ2) is 6.46. The van der Waals surface area contributed by atoms with Gasteiger partial charge in [0.15, 0.2) is 0 Å². The van der Waals surface area contributed by atoms with E-state index < -0.39 is 0 Å². The Labute approximate surface area is 128 Å². The summed E-state index contributed by atoms with van der Waals surface area (Å²) < 4.78 is 0. The van der Waals surface area contributed by atoms with E-state index in [0.29, 0.717) is 6.04 Å². The van der Waals surface area contributed by atoms with Gasteiger partial charge in [0, 0.05) is 23.1 Å². The molecular weight excluding hydrogens is 268 g/mol. The van der Waals surface area contributed by atoms with Crippen molar-refractivity contribution in [1.29, 1.82) is 0 Å². The summed E-state index contributed by atoms with van der Waals surface area (Å²) in [7, 11) is 2.22. The number of hydrogen-bond acceptors (Lipinski definition) is 2. The molecule has 2 nitrogen and oxygen atoms in total. The van der Waals surface area contributed by atoms with Crippen molar-refractivity contribution in [1.82, 2.24) is 10.2 Å². The Morgan fingerprint density at radius 2 is 1.95 bits per heavy atom. The first-order valence-electron chi connectivity index (χ1n) is 7.55. The monoisotopic (exact) mass is 294 g/mol. The highest BCUT2D eigenvalue weighted by Crippen LogP contribution is 2.32. The Balaban J connectivity index is 1.87. The van der Waals surface area contributed by atoms with Crippen molar-refractivity contribution in [3.05, 3.63) is 34.9 Å². The van der Waals surface area contributed by atoms with Gasteiger partial charge in [-0.3, -0.25) is 4.90 Å². The molecule has 0 aromatic heterocycles. The number of hydrogen-bond donors (Lipinski definition) is 1. The highest BCUT2D eigenvalue weighted by atomic mass is 35.5. The molecule has 0 bridgehead atoms. The van der Waals surface area contributed by atoms with E-state index >= 15 is 0 Å². The van der Waals surface area contributed by atoms with Gasteiger partial charge >= 0.3 is 0 Å². The van der Waals surface area contributed by atoms with Gasteiger partial charge in [0.25, 0.3) is 0 Å². The number of nitrogens with zero attached hydrogens (tertiary/aromatic N) is 1. The molecule has 3 heteroatoms. The minimum absolute atomic E-state index is 0.210. The van der Waals surface area contributed by atoms with Crippen LogP contribution in [0.4, 0.5) is 0 Å². The molecule has 0 radical (unpaired) electrons. The summed E-state index contributed by atoms with van der Waals surface area (Å²) in [5.74, 6) is 0.765. The van der Waals surface area contributed by atoms with E-state index in [0.717, 1.165) is 24.0 Å². The largest absolute Gasteiger partial charge is 0.312 e. The van der Waals surface area contributed by atoms with Gasteiger partial charge in [0.1, 0.15) is 0 Å². The van der Waals surface area contributed by atoms with Crippen LogP contribution in [0.5, 0.6) is 0 Å². The Bertz CT molecular complexity index is 439. The fourth-order valence-corrected chi connectivity index (χ4v) is 3.02. The zero-order valence-electron chi connectivity index (χ0n) is 13.1. The van der Waals surface area contributed by atoms with Gasteiger partial charge in [-0.25, -0.2) is 0 Å². The molecule has 2 rings (SSSR count). The Hall–Kier alpha value is -0.570. The molecule has 1 saturated carbocycles. The molecule has 1 fully saturated rings. The van der Waals surface area contributed by atoms with Crippen molar-refractivity contribution in [2.45, 2.75) is 51.7 Å². The van der Waals surface area contributed by atoms with Gasteiger partial charge in [-0.05, 0) is 64.8 Å². The first kappa shape index (κ1) is 15.8. The molecule has 0 heterocycles. The van der Waals surface area contributed by atoms with E-state index in [1.165, 1.54) is 18.4 Å². The molecule has 0 spiro atoms. The third kappa shape index (κ3) is 4.21. The second-order valence-corrected chi connectivity index (χ2v) is 7.45. The molecule has 0 aliphatic heterocycles. The molecule has 20 heavy (non-hydrogen) atoms. The smallest absolute Gasteiger partial charge is 0.0451 e. The predicted octanol–water partition coefficient (Wildman–Crippen LogP) is 3.94. The molecule has 1 aromatic rings. The van der Waals surface area contributed by atoms with Crippen LogP contribution in [-0.4, -0.2) is 30.1 Å². The predicted molar refractivity (Wildman–Crippen MR) is 87.2 cm³/mol. The maximum Gasteiger partial charge on any atom is 0.0451 e. The van der Waals surface area contributed by atoms with Gasteiger partial charge < -0.3 is 5.32 Å². The summed E-state index contributed by atoms with van der Waals surface area (Å²) in [6, 6.07) is 8.84. The Morgan fingerprint density at radius 3 is 2.50 bits per heavy atom. The molecule has 0 saturated heterocycles. The molecule has 1 N–H and O–H groups in total. The van der Waals surface area contributed by atoms with Crippen LogP contribution in [0.15, 0.2) is 24.3 Å².